The van der Waals surface area contributed by atoms with E-state index in [-0.39, 0.29) is 12.2 Å². The number of thiazole rings is 1. The summed E-state index contributed by atoms with van der Waals surface area (Å²) in [5, 5.41) is 1.93. The average molecular weight is 463 g/mol. The molecule has 0 amide bonds. The molecule has 1 aromatic carbocycles. The van der Waals surface area contributed by atoms with Crippen molar-refractivity contribution in [1.82, 2.24) is 4.57 Å². The second kappa shape index (κ2) is 8.57. The molecule has 8 heteroatoms. The van der Waals surface area contributed by atoms with E-state index in [0.29, 0.717) is 26.4 Å². The predicted molar refractivity (Wildman–Crippen MR) is 123 cm³/mol. The monoisotopic (exact) mass is 462 g/mol. The van der Waals surface area contributed by atoms with Crippen LogP contribution in [0.4, 0.5) is 0 Å². The molecule has 6 nitrogen and oxygen atoms in total. The number of nitrogens with zero attached hydrogens (tertiary/aromatic N) is 2. The Bertz CT molecular complexity index is 1460. The van der Waals surface area contributed by atoms with Gasteiger partial charge < -0.3 is 9.15 Å². The number of hydrogen-bond donors (Lipinski definition) is 0. The number of carbonyl (C=O) groups excluding carboxylic acids is 1. The van der Waals surface area contributed by atoms with E-state index in [9.17, 15) is 9.59 Å². The van der Waals surface area contributed by atoms with Gasteiger partial charge in [0.2, 0.25) is 0 Å². The summed E-state index contributed by atoms with van der Waals surface area (Å²) in [6.45, 7) is 1.93. The van der Waals surface area contributed by atoms with Crippen LogP contribution in [0.15, 0.2) is 91.7 Å². The molecule has 0 bridgehead atoms. The first-order valence-corrected chi connectivity index (χ1v) is 11.6. The first-order chi connectivity index (χ1) is 15.6. The van der Waals surface area contributed by atoms with E-state index in [1.54, 1.807) is 36.0 Å². The minimum atomic E-state index is -0.590. The van der Waals surface area contributed by atoms with Crippen LogP contribution in [0.25, 0.3) is 6.08 Å². The summed E-state index contributed by atoms with van der Waals surface area (Å²) >= 11 is 2.76. The Hall–Kier alpha value is -3.49. The van der Waals surface area contributed by atoms with E-state index in [1.807, 2.05) is 47.8 Å². The summed E-state index contributed by atoms with van der Waals surface area (Å²) in [6, 6.07) is 16.3. The Labute approximate surface area is 191 Å². The fraction of sp³-hybridized carbons (Fsp3) is 0.125. The van der Waals surface area contributed by atoms with Gasteiger partial charge in [0, 0.05) is 11.0 Å². The Morgan fingerprint density at radius 1 is 1.19 bits per heavy atom. The molecule has 0 aliphatic carbocycles. The fourth-order valence-corrected chi connectivity index (χ4v) is 5.45. The van der Waals surface area contributed by atoms with Crippen LogP contribution >= 0.6 is 22.7 Å². The van der Waals surface area contributed by atoms with Crippen molar-refractivity contribution in [3.8, 4) is 0 Å². The van der Waals surface area contributed by atoms with Gasteiger partial charge >= 0.3 is 5.97 Å². The van der Waals surface area contributed by atoms with E-state index >= 15 is 0 Å². The summed E-state index contributed by atoms with van der Waals surface area (Å²) in [5.41, 5.74) is 1.60. The number of aromatic nitrogens is 1. The topological polar surface area (TPSA) is 73.8 Å². The molecule has 0 fully saturated rings. The molecular formula is C24H18N2O4S2. The van der Waals surface area contributed by atoms with Crippen molar-refractivity contribution in [3.63, 3.8) is 0 Å². The van der Waals surface area contributed by atoms with Crippen molar-refractivity contribution in [2.24, 2.45) is 4.99 Å². The van der Waals surface area contributed by atoms with Crippen molar-refractivity contribution < 1.29 is 13.9 Å². The van der Waals surface area contributed by atoms with Gasteiger partial charge in [-0.1, -0.05) is 47.7 Å². The van der Waals surface area contributed by atoms with Crippen LogP contribution in [0.3, 0.4) is 0 Å². The molecule has 3 aromatic heterocycles. The average Bonchev–Trinajstić information content (AvgIpc) is 3.55. The molecule has 1 aliphatic heterocycles. The molecule has 4 aromatic rings. The third kappa shape index (κ3) is 3.79. The molecule has 0 N–H and O–H groups in total. The fourth-order valence-electron chi connectivity index (χ4n) is 3.60. The molecule has 0 saturated heterocycles. The first kappa shape index (κ1) is 20.4. The number of fused-ring (bicyclic) bond motifs is 1. The molecule has 1 aliphatic rings. The number of hydrogen-bond acceptors (Lipinski definition) is 7. The van der Waals surface area contributed by atoms with Gasteiger partial charge in [0.25, 0.3) is 5.56 Å². The number of ether oxygens (including phenoxy) is 1. The lowest BCUT2D eigenvalue weighted by atomic mass is 10.0. The maximum Gasteiger partial charge on any atom is 0.338 e. The highest BCUT2D eigenvalue weighted by molar-refractivity contribution is 7.10. The molecule has 4 heterocycles. The first-order valence-electron chi connectivity index (χ1n) is 9.92. The van der Waals surface area contributed by atoms with Crippen LogP contribution in [0, 0.1) is 0 Å². The molecule has 0 radical (unpaired) electrons. The second-order valence-corrected chi connectivity index (χ2v) is 9.16. The Morgan fingerprint density at radius 2 is 2.03 bits per heavy atom. The molecule has 160 valence electrons. The quantitative estimate of drug-likeness (QED) is 0.425. The summed E-state index contributed by atoms with van der Waals surface area (Å²) in [5.74, 6) is 0.106. The highest BCUT2D eigenvalue weighted by atomic mass is 32.1. The van der Waals surface area contributed by atoms with Crippen LogP contribution < -0.4 is 14.9 Å². The zero-order valence-electron chi connectivity index (χ0n) is 17.1. The zero-order valence-corrected chi connectivity index (χ0v) is 18.7. The highest BCUT2D eigenvalue weighted by Crippen LogP contribution is 2.33. The lowest BCUT2D eigenvalue weighted by molar-refractivity contribution is -0.140. The van der Waals surface area contributed by atoms with Gasteiger partial charge in [0.15, 0.2) is 4.80 Å². The van der Waals surface area contributed by atoms with Crippen LogP contribution in [-0.2, 0) is 16.1 Å². The third-order valence-corrected chi connectivity index (χ3v) is 6.99. The molecular weight excluding hydrogens is 444 g/mol. The number of esters is 1. The number of carbonyl (C=O) groups is 1. The van der Waals surface area contributed by atoms with Gasteiger partial charge in [-0.3, -0.25) is 9.36 Å². The maximum absolute atomic E-state index is 13.4. The largest absolute Gasteiger partial charge is 0.465 e. The standard InChI is InChI=1S/C24H18N2O4S2/c1-15-20(23(28)30-14-16-7-3-2-4-8-16)21(18-10-6-12-31-18)26-22(27)19(32-24(26)25-15)13-17-9-5-11-29-17/h2-13,21H,14H2,1H3. The van der Waals surface area contributed by atoms with Crippen molar-refractivity contribution in [1.29, 1.82) is 0 Å². The normalized spacial score (nSPS) is 16.0. The molecule has 1 atom stereocenters. The maximum atomic E-state index is 13.4. The lowest BCUT2D eigenvalue weighted by Crippen LogP contribution is -2.39. The highest BCUT2D eigenvalue weighted by Gasteiger charge is 2.34. The van der Waals surface area contributed by atoms with Crippen LogP contribution in [0.1, 0.15) is 29.2 Å². The number of furan rings is 1. The Kier molecular flexibility index (Phi) is 5.46. The summed E-state index contributed by atoms with van der Waals surface area (Å²) in [7, 11) is 0. The van der Waals surface area contributed by atoms with Gasteiger partial charge in [-0.15, -0.1) is 11.3 Å². The van der Waals surface area contributed by atoms with Crippen molar-refractivity contribution in [2.75, 3.05) is 0 Å². The van der Waals surface area contributed by atoms with Crippen LogP contribution in [0.5, 0.6) is 0 Å². The predicted octanol–water partition coefficient (Wildman–Crippen LogP) is 3.63. The number of allylic oxidation sites excluding steroid dienone is 1. The third-order valence-electron chi connectivity index (χ3n) is 5.08. The van der Waals surface area contributed by atoms with Crippen molar-refractivity contribution in [2.45, 2.75) is 19.6 Å². The number of rotatable bonds is 5. The minimum Gasteiger partial charge on any atom is -0.465 e. The molecule has 32 heavy (non-hydrogen) atoms. The number of benzene rings is 1. The van der Waals surface area contributed by atoms with E-state index in [0.717, 1.165) is 10.4 Å². The van der Waals surface area contributed by atoms with Gasteiger partial charge in [-0.05, 0) is 36.1 Å². The van der Waals surface area contributed by atoms with Crippen LogP contribution in [0.2, 0.25) is 0 Å². The van der Waals surface area contributed by atoms with Crippen LogP contribution in [-0.4, -0.2) is 10.5 Å². The molecule has 5 rings (SSSR count). The molecule has 0 spiro atoms. The molecule has 1 unspecified atom stereocenters. The number of thiophene rings is 1. The second-order valence-electron chi connectivity index (χ2n) is 7.17. The van der Waals surface area contributed by atoms with E-state index in [4.69, 9.17) is 9.15 Å². The van der Waals surface area contributed by atoms with E-state index in [2.05, 4.69) is 4.99 Å². The van der Waals surface area contributed by atoms with Crippen molar-refractivity contribution >= 4 is 34.7 Å². The summed E-state index contributed by atoms with van der Waals surface area (Å²) < 4.78 is 13.1. The lowest BCUT2D eigenvalue weighted by Gasteiger charge is -2.23. The van der Waals surface area contributed by atoms with Gasteiger partial charge in [-0.2, -0.15) is 0 Å². The zero-order chi connectivity index (χ0) is 22.1. The SMILES string of the molecule is CC1=C(C(=O)OCc2ccccc2)C(c2cccs2)n2c(sc(=Cc3ccco3)c2=O)=N1. The van der Waals surface area contributed by atoms with E-state index in [1.165, 1.54) is 22.7 Å². The Morgan fingerprint density at radius 3 is 2.75 bits per heavy atom. The molecule has 0 saturated carbocycles. The minimum absolute atomic E-state index is 0.149. The van der Waals surface area contributed by atoms with Gasteiger partial charge in [0.05, 0.1) is 22.1 Å². The van der Waals surface area contributed by atoms with Gasteiger partial charge in [0.1, 0.15) is 18.4 Å². The van der Waals surface area contributed by atoms with E-state index < -0.39 is 12.0 Å². The smallest absolute Gasteiger partial charge is 0.338 e. The Balaban J connectivity index is 1.59. The van der Waals surface area contributed by atoms with Gasteiger partial charge in [-0.25, -0.2) is 9.79 Å². The summed E-state index contributed by atoms with van der Waals surface area (Å²) in [4.78, 5) is 32.6. The van der Waals surface area contributed by atoms with Crippen molar-refractivity contribution in [3.05, 3.63) is 113 Å². The summed E-state index contributed by atoms with van der Waals surface area (Å²) in [6.07, 6.45) is 3.25.